The van der Waals surface area contributed by atoms with E-state index < -0.39 is 0 Å². The molecule has 2 rings (SSSR count). The van der Waals surface area contributed by atoms with Gasteiger partial charge in [-0.3, -0.25) is 0 Å². The highest BCUT2D eigenvalue weighted by atomic mass is 16.5. The quantitative estimate of drug-likeness (QED) is 0.848. The molecule has 0 aliphatic rings. The lowest BCUT2D eigenvalue weighted by atomic mass is 10.0. The number of hydrogen-bond acceptors (Lipinski definition) is 4. The highest BCUT2D eigenvalue weighted by Gasteiger charge is 2.13. The molecule has 1 aromatic carbocycles. The summed E-state index contributed by atoms with van der Waals surface area (Å²) in [4.78, 5) is 4.40. The van der Waals surface area contributed by atoms with Gasteiger partial charge in [0.15, 0.2) is 11.5 Å². The Balaban J connectivity index is 2.38. The third kappa shape index (κ3) is 3.55. The number of nitrogens with one attached hydrogen (secondary N) is 1. The number of benzene rings is 1. The van der Waals surface area contributed by atoms with Gasteiger partial charge in [0.25, 0.3) is 0 Å². The van der Waals surface area contributed by atoms with Crippen molar-refractivity contribution in [3.05, 3.63) is 41.5 Å². The van der Waals surface area contributed by atoms with E-state index in [0.717, 1.165) is 36.8 Å². The van der Waals surface area contributed by atoms with Crippen molar-refractivity contribution >= 4 is 0 Å². The molecule has 0 fully saturated rings. The van der Waals surface area contributed by atoms with Crippen LogP contribution in [0.5, 0.6) is 11.5 Å². The largest absolute Gasteiger partial charge is 0.493 e. The summed E-state index contributed by atoms with van der Waals surface area (Å²) in [5.74, 6) is 2.54. The number of aromatic nitrogens is 2. The lowest BCUT2D eigenvalue weighted by Gasteiger charge is -2.15. The van der Waals surface area contributed by atoms with Crippen LogP contribution in [0.4, 0.5) is 0 Å². The van der Waals surface area contributed by atoms with Crippen molar-refractivity contribution in [2.75, 3.05) is 20.8 Å². The molecule has 0 radical (unpaired) electrons. The molecule has 0 atom stereocenters. The Kier molecular flexibility index (Phi) is 5.22. The van der Waals surface area contributed by atoms with Crippen LogP contribution in [0.15, 0.2) is 24.5 Å². The molecular weight excluding hydrogens is 266 g/mol. The summed E-state index contributed by atoms with van der Waals surface area (Å²) in [5, 5.41) is 3.36. The Hall–Kier alpha value is -2.01. The van der Waals surface area contributed by atoms with E-state index in [1.165, 1.54) is 11.1 Å². The number of ether oxygens (including phenoxy) is 2. The fourth-order valence-corrected chi connectivity index (χ4v) is 2.29. The number of hydrogen-bond donors (Lipinski definition) is 1. The number of imidazole rings is 1. The minimum atomic E-state index is 0.752. The molecule has 0 spiro atoms. The zero-order valence-electron chi connectivity index (χ0n) is 13.1. The van der Waals surface area contributed by atoms with Crippen molar-refractivity contribution in [1.82, 2.24) is 14.9 Å². The second kappa shape index (κ2) is 7.13. The van der Waals surface area contributed by atoms with Crippen LogP contribution >= 0.6 is 0 Å². The summed E-state index contributed by atoms with van der Waals surface area (Å²) in [6, 6.07) is 4.08. The van der Waals surface area contributed by atoms with E-state index in [2.05, 4.69) is 17.2 Å². The average molecular weight is 289 g/mol. The first-order chi connectivity index (χ1) is 10.2. The maximum atomic E-state index is 5.41. The molecule has 1 heterocycles. The van der Waals surface area contributed by atoms with Gasteiger partial charge < -0.3 is 19.4 Å². The molecule has 0 amide bonds. The van der Waals surface area contributed by atoms with Crippen molar-refractivity contribution in [3.8, 4) is 11.5 Å². The van der Waals surface area contributed by atoms with Crippen LogP contribution in [0.25, 0.3) is 0 Å². The number of rotatable bonds is 7. The normalized spacial score (nSPS) is 10.7. The second-order valence-corrected chi connectivity index (χ2v) is 4.89. The van der Waals surface area contributed by atoms with Gasteiger partial charge in [0, 0.05) is 32.4 Å². The molecule has 0 bridgehead atoms. The molecule has 0 unspecified atom stereocenters. The second-order valence-electron chi connectivity index (χ2n) is 4.89. The molecule has 0 aliphatic carbocycles. The van der Waals surface area contributed by atoms with Crippen LogP contribution in [0.1, 0.15) is 23.9 Å². The van der Waals surface area contributed by atoms with E-state index in [-0.39, 0.29) is 0 Å². The smallest absolute Gasteiger partial charge is 0.161 e. The average Bonchev–Trinajstić information content (AvgIpc) is 2.90. The zero-order valence-corrected chi connectivity index (χ0v) is 13.1. The highest BCUT2D eigenvalue weighted by Crippen LogP contribution is 2.31. The van der Waals surface area contributed by atoms with Crippen molar-refractivity contribution < 1.29 is 9.47 Å². The van der Waals surface area contributed by atoms with E-state index in [9.17, 15) is 0 Å². The van der Waals surface area contributed by atoms with Crippen LogP contribution in [-0.4, -0.2) is 30.3 Å². The van der Waals surface area contributed by atoms with Gasteiger partial charge in [-0.15, -0.1) is 0 Å². The summed E-state index contributed by atoms with van der Waals surface area (Å²) in [6.07, 6.45) is 4.55. The van der Waals surface area contributed by atoms with E-state index in [0.29, 0.717) is 0 Å². The third-order valence-electron chi connectivity index (χ3n) is 3.54. The molecule has 114 valence electrons. The molecule has 1 N–H and O–H groups in total. The topological polar surface area (TPSA) is 48.3 Å². The van der Waals surface area contributed by atoms with Crippen LogP contribution < -0.4 is 14.8 Å². The Bertz CT molecular complexity index is 593. The first-order valence-corrected chi connectivity index (χ1v) is 7.10. The first-order valence-electron chi connectivity index (χ1n) is 7.10. The zero-order chi connectivity index (χ0) is 15.2. The predicted molar refractivity (Wildman–Crippen MR) is 82.9 cm³/mol. The Morgan fingerprint density at radius 2 is 1.81 bits per heavy atom. The Morgan fingerprint density at radius 3 is 2.33 bits per heavy atom. The van der Waals surface area contributed by atoms with Crippen LogP contribution in [-0.2, 0) is 20.0 Å². The van der Waals surface area contributed by atoms with Crippen LogP contribution in [0.3, 0.4) is 0 Å². The minimum Gasteiger partial charge on any atom is -0.493 e. The van der Waals surface area contributed by atoms with Crippen molar-refractivity contribution in [2.45, 2.75) is 19.9 Å². The number of aryl methyl sites for hydroxylation is 1. The number of nitrogens with zero attached hydrogens (tertiary/aromatic N) is 2. The lowest BCUT2D eigenvalue weighted by molar-refractivity contribution is 0.354. The first kappa shape index (κ1) is 15.4. The summed E-state index contributed by atoms with van der Waals surface area (Å²) >= 11 is 0. The van der Waals surface area contributed by atoms with Crippen molar-refractivity contribution in [1.29, 1.82) is 0 Å². The molecule has 21 heavy (non-hydrogen) atoms. The summed E-state index contributed by atoms with van der Waals surface area (Å²) in [6.45, 7) is 3.83. The fourth-order valence-electron chi connectivity index (χ4n) is 2.29. The Morgan fingerprint density at radius 1 is 1.14 bits per heavy atom. The van der Waals surface area contributed by atoms with E-state index in [1.54, 1.807) is 14.2 Å². The summed E-state index contributed by atoms with van der Waals surface area (Å²) in [7, 11) is 5.33. The van der Waals surface area contributed by atoms with E-state index in [1.807, 2.05) is 36.1 Å². The van der Waals surface area contributed by atoms with Gasteiger partial charge >= 0.3 is 0 Å². The maximum absolute atomic E-state index is 5.41. The molecule has 0 saturated heterocycles. The lowest BCUT2D eigenvalue weighted by Crippen LogP contribution is -2.14. The molecule has 5 nitrogen and oxygen atoms in total. The van der Waals surface area contributed by atoms with E-state index >= 15 is 0 Å². The summed E-state index contributed by atoms with van der Waals surface area (Å²) < 4.78 is 12.8. The van der Waals surface area contributed by atoms with Gasteiger partial charge in [-0.05, 0) is 29.8 Å². The van der Waals surface area contributed by atoms with E-state index in [4.69, 9.17) is 9.47 Å². The van der Waals surface area contributed by atoms with Gasteiger partial charge in [0.1, 0.15) is 5.82 Å². The number of methoxy groups -OCH3 is 2. The third-order valence-corrected chi connectivity index (χ3v) is 3.54. The minimum absolute atomic E-state index is 0.752. The van der Waals surface area contributed by atoms with Gasteiger partial charge in [0.05, 0.1) is 14.2 Å². The van der Waals surface area contributed by atoms with Crippen molar-refractivity contribution in [3.63, 3.8) is 0 Å². The Labute approximate surface area is 125 Å². The van der Waals surface area contributed by atoms with Gasteiger partial charge in [-0.2, -0.15) is 0 Å². The van der Waals surface area contributed by atoms with Gasteiger partial charge in [-0.1, -0.05) is 6.92 Å². The van der Waals surface area contributed by atoms with Gasteiger partial charge in [0.2, 0.25) is 0 Å². The standard InChI is InChI=1S/C16H23N3O2/c1-5-17-11-13-9-15(21-4)14(20-3)8-12(13)10-16-18-6-7-19(16)2/h6-9,17H,5,10-11H2,1-4H3. The molecule has 1 aromatic heterocycles. The molecule has 0 saturated carbocycles. The highest BCUT2D eigenvalue weighted by molar-refractivity contribution is 5.48. The van der Waals surface area contributed by atoms with Crippen molar-refractivity contribution in [2.24, 2.45) is 7.05 Å². The molecular formula is C16H23N3O2. The molecule has 2 aromatic rings. The maximum Gasteiger partial charge on any atom is 0.161 e. The SMILES string of the molecule is CCNCc1cc(OC)c(OC)cc1Cc1nccn1C. The van der Waals surface area contributed by atoms with Crippen LogP contribution in [0.2, 0.25) is 0 Å². The fraction of sp³-hybridized carbons (Fsp3) is 0.438. The van der Waals surface area contributed by atoms with Crippen LogP contribution in [0, 0.1) is 0 Å². The monoisotopic (exact) mass is 289 g/mol. The molecule has 0 aliphatic heterocycles. The molecule has 5 heteroatoms. The summed E-state index contributed by atoms with van der Waals surface area (Å²) in [5.41, 5.74) is 2.40. The predicted octanol–water partition coefficient (Wildman–Crippen LogP) is 2.14. The van der Waals surface area contributed by atoms with Gasteiger partial charge in [-0.25, -0.2) is 4.98 Å².